The van der Waals surface area contributed by atoms with Crippen LogP contribution in [-0.2, 0) is 19.5 Å². The third-order valence-corrected chi connectivity index (χ3v) is 6.88. The Balaban J connectivity index is 1.89. The van der Waals surface area contributed by atoms with Crippen LogP contribution in [0, 0.1) is 17.2 Å². The topological polar surface area (TPSA) is 55.8 Å². The Morgan fingerprint density at radius 1 is 1.39 bits per heavy atom. The van der Waals surface area contributed by atoms with Crippen LogP contribution >= 0.6 is 0 Å². The van der Waals surface area contributed by atoms with Crippen LogP contribution < -0.4 is 0 Å². The molecule has 1 aromatic carbocycles. The van der Waals surface area contributed by atoms with Crippen molar-refractivity contribution in [3.05, 3.63) is 30.1 Å². The van der Waals surface area contributed by atoms with E-state index >= 15 is 0 Å². The van der Waals surface area contributed by atoms with Gasteiger partial charge >= 0.3 is 0 Å². The fourth-order valence-corrected chi connectivity index (χ4v) is 5.33. The van der Waals surface area contributed by atoms with Crippen molar-refractivity contribution in [2.45, 2.75) is 17.7 Å². The zero-order valence-corrected chi connectivity index (χ0v) is 14.0. The standard InChI is InChI=1S/C16H22FNO4S/c1-21-11-13-10-18(12-16(13)5-7-22-8-6-16)23(19,20)15-4-2-3-14(17)9-15/h2-4,9,13H,5-8,10-12H2,1H3. The SMILES string of the molecule is COCC1CN(S(=O)(=O)c2cccc(F)c2)CC12CCOCC2. The monoisotopic (exact) mass is 343 g/mol. The number of rotatable bonds is 4. The van der Waals surface area contributed by atoms with Crippen molar-refractivity contribution in [3.63, 3.8) is 0 Å². The van der Waals surface area contributed by atoms with Crippen LogP contribution in [0.25, 0.3) is 0 Å². The Bertz CT molecular complexity index is 658. The highest BCUT2D eigenvalue weighted by Gasteiger charge is 2.50. The maximum atomic E-state index is 13.4. The van der Waals surface area contributed by atoms with Crippen molar-refractivity contribution in [1.82, 2.24) is 4.31 Å². The average molecular weight is 343 g/mol. The van der Waals surface area contributed by atoms with Crippen LogP contribution in [0.2, 0.25) is 0 Å². The highest BCUT2D eigenvalue weighted by molar-refractivity contribution is 7.89. The van der Waals surface area contributed by atoms with Crippen LogP contribution in [-0.4, -0.2) is 52.7 Å². The highest BCUT2D eigenvalue weighted by Crippen LogP contribution is 2.45. The van der Waals surface area contributed by atoms with Gasteiger partial charge in [0.2, 0.25) is 10.0 Å². The summed E-state index contributed by atoms with van der Waals surface area (Å²) < 4.78 is 51.4. The van der Waals surface area contributed by atoms with Gasteiger partial charge in [-0.1, -0.05) is 6.07 Å². The Hall–Kier alpha value is -1.02. The third-order valence-electron chi connectivity index (χ3n) is 5.07. The van der Waals surface area contributed by atoms with Crippen LogP contribution in [0.3, 0.4) is 0 Å². The number of benzene rings is 1. The predicted molar refractivity (Wildman–Crippen MR) is 83.0 cm³/mol. The summed E-state index contributed by atoms with van der Waals surface area (Å²) in [5.74, 6) is -0.403. The molecule has 128 valence electrons. The van der Waals surface area contributed by atoms with Gasteiger partial charge in [-0.05, 0) is 36.5 Å². The molecular formula is C16H22FNO4S. The summed E-state index contributed by atoms with van der Waals surface area (Å²) >= 11 is 0. The number of sulfonamides is 1. The molecule has 1 unspecified atom stereocenters. The third kappa shape index (κ3) is 3.15. The van der Waals surface area contributed by atoms with E-state index in [-0.39, 0.29) is 16.2 Å². The van der Waals surface area contributed by atoms with E-state index in [1.54, 1.807) is 7.11 Å². The van der Waals surface area contributed by atoms with Gasteiger partial charge in [0, 0.05) is 39.3 Å². The molecule has 2 saturated heterocycles. The molecule has 2 aliphatic heterocycles. The molecule has 5 nitrogen and oxygen atoms in total. The molecule has 0 amide bonds. The number of halogens is 1. The minimum absolute atomic E-state index is 0.0118. The maximum absolute atomic E-state index is 13.4. The van der Waals surface area contributed by atoms with Gasteiger partial charge in [0.25, 0.3) is 0 Å². The van der Waals surface area contributed by atoms with Gasteiger partial charge in [-0.15, -0.1) is 0 Å². The van der Waals surface area contributed by atoms with Crippen molar-refractivity contribution in [2.75, 3.05) is 40.0 Å². The lowest BCUT2D eigenvalue weighted by molar-refractivity contribution is -0.0162. The number of methoxy groups -OCH3 is 1. The molecule has 0 aliphatic carbocycles. The van der Waals surface area contributed by atoms with Crippen molar-refractivity contribution >= 4 is 10.0 Å². The van der Waals surface area contributed by atoms with Gasteiger partial charge < -0.3 is 9.47 Å². The van der Waals surface area contributed by atoms with E-state index in [9.17, 15) is 12.8 Å². The number of hydrogen-bond donors (Lipinski definition) is 0. The molecule has 7 heteroatoms. The van der Waals surface area contributed by atoms with Crippen molar-refractivity contribution in [1.29, 1.82) is 0 Å². The first-order valence-corrected chi connectivity index (χ1v) is 9.24. The van der Waals surface area contributed by atoms with Crippen molar-refractivity contribution in [2.24, 2.45) is 11.3 Å². The molecule has 0 aromatic heterocycles. The lowest BCUT2D eigenvalue weighted by Gasteiger charge is -2.37. The smallest absolute Gasteiger partial charge is 0.243 e. The molecular weight excluding hydrogens is 321 g/mol. The Kier molecular flexibility index (Phi) is 4.73. The minimum Gasteiger partial charge on any atom is -0.384 e. The van der Waals surface area contributed by atoms with Gasteiger partial charge in [-0.3, -0.25) is 0 Å². The maximum Gasteiger partial charge on any atom is 0.243 e. The zero-order chi connectivity index (χ0) is 16.5. The van der Waals surface area contributed by atoms with Gasteiger partial charge in [-0.25, -0.2) is 12.8 Å². The van der Waals surface area contributed by atoms with Crippen LogP contribution in [0.15, 0.2) is 29.2 Å². The second-order valence-corrected chi connectivity index (χ2v) is 8.32. The van der Waals surface area contributed by atoms with E-state index in [2.05, 4.69) is 0 Å². The fraction of sp³-hybridized carbons (Fsp3) is 0.625. The van der Waals surface area contributed by atoms with E-state index in [1.165, 1.54) is 22.5 Å². The molecule has 2 aliphatic rings. The normalized spacial score (nSPS) is 25.0. The first kappa shape index (κ1) is 16.8. The molecule has 0 saturated carbocycles. The number of hydrogen-bond acceptors (Lipinski definition) is 4. The summed E-state index contributed by atoms with van der Waals surface area (Å²) in [5, 5.41) is 0. The molecule has 1 spiro atoms. The predicted octanol–water partition coefficient (Wildman–Crippen LogP) is 1.89. The van der Waals surface area contributed by atoms with Gasteiger partial charge in [-0.2, -0.15) is 4.31 Å². The average Bonchev–Trinajstić information content (AvgIpc) is 2.87. The molecule has 23 heavy (non-hydrogen) atoms. The molecule has 0 N–H and O–H groups in total. The number of ether oxygens (including phenoxy) is 2. The first-order valence-electron chi connectivity index (χ1n) is 7.80. The van der Waals surface area contributed by atoms with E-state index in [1.807, 2.05) is 0 Å². The Morgan fingerprint density at radius 3 is 2.78 bits per heavy atom. The molecule has 2 fully saturated rings. The largest absolute Gasteiger partial charge is 0.384 e. The summed E-state index contributed by atoms with van der Waals surface area (Å²) in [4.78, 5) is 0.0118. The second kappa shape index (κ2) is 6.47. The van der Waals surface area contributed by atoms with Gasteiger partial charge in [0.15, 0.2) is 0 Å². The molecule has 0 radical (unpaired) electrons. The highest BCUT2D eigenvalue weighted by atomic mass is 32.2. The minimum atomic E-state index is -3.69. The summed E-state index contributed by atoms with van der Waals surface area (Å²) in [5.41, 5.74) is -0.103. The summed E-state index contributed by atoms with van der Waals surface area (Å²) in [6.45, 7) is 2.67. The van der Waals surface area contributed by atoms with Crippen molar-refractivity contribution in [3.8, 4) is 0 Å². The molecule has 0 bridgehead atoms. The van der Waals surface area contributed by atoms with E-state index in [0.29, 0.717) is 32.9 Å². The van der Waals surface area contributed by atoms with Gasteiger partial charge in [0.05, 0.1) is 11.5 Å². The molecule has 3 rings (SSSR count). The van der Waals surface area contributed by atoms with Crippen LogP contribution in [0.5, 0.6) is 0 Å². The molecule has 1 aromatic rings. The molecule has 1 atom stereocenters. The Morgan fingerprint density at radius 2 is 2.13 bits per heavy atom. The van der Waals surface area contributed by atoms with E-state index in [4.69, 9.17) is 9.47 Å². The summed E-state index contributed by atoms with van der Waals surface area (Å²) in [7, 11) is -2.06. The van der Waals surface area contributed by atoms with E-state index < -0.39 is 15.8 Å². The fourth-order valence-electron chi connectivity index (χ4n) is 3.72. The lowest BCUT2D eigenvalue weighted by atomic mass is 9.72. The van der Waals surface area contributed by atoms with Crippen molar-refractivity contribution < 1.29 is 22.3 Å². The van der Waals surface area contributed by atoms with Gasteiger partial charge in [0.1, 0.15) is 5.82 Å². The quantitative estimate of drug-likeness (QED) is 0.838. The van der Waals surface area contributed by atoms with E-state index in [0.717, 1.165) is 18.9 Å². The lowest BCUT2D eigenvalue weighted by Crippen LogP contribution is -2.39. The Labute approximate surface area is 136 Å². The first-order chi connectivity index (χ1) is 11.0. The van der Waals surface area contributed by atoms with Crippen LogP contribution in [0.4, 0.5) is 4.39 Å². The second-order valence-electron chi connectivity index (χ2n) is 6.38. The number of nitrogens with zero attached hydrogens (tertiary/aromatic N) is 1. The molecule has 2 heterocycles. The van der Waals surface area contributed by atoms with Crippen LogP contribution in [0.1, 0.15) is 12.8 Å². The zero-order valence-electron chi connectivity index (χ0n) is 13.2. The summed E-state index contributed by atoms with van der Waals surface area (Å²) in [6.07, 6.45) is 1.66. The summed E-state index contributed by atoms with van der Waals surface area (Å²) in [6, 6.07) is 5.19.